The molecule has 1 aromatic heterocycles. The van der Waals surface area contributed by atoms with E-state index in [1.807, 2.05) is 36.4 Å². The minimum absolute atomic E-state index is 0.0475. The summed E-state index contributed by atoms with van der Waals surface area (Å²) in [6.07, 6.45) is 4.81. The Balaban J connectivity index is 1.44. The predicted octanol–water partition coefficient (Wildman–Crippen LogP) is 6.44. The molecule has 0 aliphatic heterocycles. The number of nitrogens with one attached hydrogen (secondary N) is 1. The van der Waals surface area contributed by atoms with Crippen molar-refractivity contribution in [2.45, 2.75) is 69.6 Å². The lowest BCUT2D eigenvalue weighted by atomic mass is 9.90. The Morgan fingerprint density at radius 1 is 0.973 bits per heavy atom. The third-order valence-electron chi connectivity index (χ3n) is 7.54. The maximum absolute atomic E-state index is 14.2. The van der Waals surface area contributed by atoms with E-state index in [1.165, 1.54) is 29.8 Å². The normalized spacial score (nSPS) is 16.5. The van der Waals surface area contributed by atoms with Crippen LogP contribution >= 0.6 is 0 Å². The molecule has 5 rings (SSSR count). The van der Waals surface area contributed by atoms with E-state index in [1.54, 1.807) is 4.90 Å². The largest absolute Gasteiger partial charge is 0.433 e. The van der Waals surface area contributed by atoms with Gasteiger partial charge >= 0.3 is 6.18 Å². The van der Waals surface area contributed by atoms with E-state index in [-0.39, 0.29) is 5.91 Å². The van der Waals surface area contributed by atoms with Crippen molar-refractivity contribution in [3.63, 3.8) is 0 Å². The number of hydrogen-bond acceptors (Lipinski definition) is 3. The Kier molecular flexibility index (Phi) is 7.60. The highest BCUT2D eigenvalue weighted by Gasteiger charge is 2.33. The molecule has 2 aliphatic rings. The third kappa shape index (κ3) is 6.04. The number of aryl methyl sites for hydroxylation is 2. The molecule has 1 atom stereocenters. The number of benzene rings is 2. The second-order valence-corrected chi connectivity index (χ2v) is 10.1. The van der Waals surface area contributed by atoms with Gasteiger partial charge in [0.2, 0.25) is 5.91 Å². The monoisotopic (exact) mass is 507 g/mol. The van der Waals surface area contributed by atoms with Crippen molar-refractivity contribution in [3.05, 3.63) is 94.8 Å². The van der Waals surface area contributed by atoms with Crippen LogP contribution in [0.3, 0.4) is 0 Å². The fourth-order valence-electron chi connectivity index (χ4n) is 5.16. The van der Waals surface area contributed by atoms with E-state index in [0.717, 1.165) is 55.8 Å². The summed E-state index contributed by atoms with van der Waals surface area (Å²) in [7, 11) is 0. The van der Waals surface area contributed by atoms with Gasteiger partial charge in [-0.25, -0.2) is 0 Å². The van der Waals surface area contributed by atoms with Crippen molar-refractivity contribution >= 4 is 11.6 Å². The van der Waals surface area contributed by atoms with Gasteiger partial charge in [-0.15, -0.1) is 0 Å². The van der Waals surface area contributed by atoms with Gasteiger partial charge in [-0.1, -0.05) is 48.9 Å². The molecule has 37 heavy (non-hydrogen) atoms. The van der Waals surface area contributed by atoms with Crippen LogP contribution in [0.1, 0.15) is 66.1 Å². The summed E-state index contributed by atoms with van der Waals surface area (Å²) in [5.41, 5.74) is 4.11. The number of halogens is 3. The average Bonchev–Trinajstić information content (AvgIpc) is 2.88. The Morgan fingerprint density at radius 3 is 2.38 bits per heavy atom. The van der Waals surface area contributed by atoms with Gasteiger partial charge < -0.3 is 4.90 Å². The zero-order valence-corrected chi connectivity index (χ0v) is 20.8. The molecule has 1 saturated carbocycles. The zero-order chi connectivity index (χ0) is 25.8. The molecule has 0 radical (unpaired) electrons. The molecule has 2 aliphatic carbocycles. The summed E-state index contributed by atoms with van der Waals surface area (Å²) < 4.78 is 38.9. The second kappa shape index (κ2) is 11.1. The highest BCUT2D eigenvalue weighted by Crippen LogP contribution is 2.31. The predicted molar refractivity (Wildman–Crippen MR) is 138 cm³/mol. The van der Waals surface area contributed by atoms with Crippen molar-refractivity contribution in [2.24, 2.45) is 0 Å². The number of amides is 1. The van der Waals surface area contributed by atoms with Crippen molar-refractivity contribution in [3.8, 4) is 0 Å². The number of hydrogen-bond donors (Lipinski definition) is 1. The first-order chi connectivity index (χ1) is 17.9. The standard InChI is InChI=1S/C30H32F3N3O/c31-30(32,33)27-16-13-21(20-34-27)17-18-36(26-15-14-22-7-4-5-10-24(22)19-26)29(37)28(35-25-11-6-12-25)23-8-2-1-3-9-23/h1-3,8-9,13-16,19-20,25,28,35H,4-7,10-12,17-18H2/t28-/m1/s1. The van der Waals surface area contributed by atoms with E-state index in [0.29, 0.717) is 24.6 Å². The Hall–Kier alpha value is -3.19. The second-order valence-electron chi connectivity index (χ2n) is 10.1. The fourth-order valence-corrected chi connectivity index (χ4v) is 5.16. The number of aromatic nitrogens is 1. The first-order valence-electron chi connectivity index (χ1n) is 13.1. The highest BCUT2D eigenvalue weighted by molar-refractivity contribution is 5.98. The number of alkyl halides is 3. The van der Waals surface area contributed by atoms with Gasteiger partial charge in [-0.2, -0.15) is 13.2 Å². The summed E-state index contributed by atoms with van der Waals surface area (Å²) in [5, 5.41) is 3.58. The number of nitrogens with zero attached hydrogens (tertiary/aromatic N) is 2. The maximum Gasteiger partial charge on any atom is 0.433 e. The Labute approximate surface area is 215 Å². The molecule has 1 fully saturated rings. The molecule has 0 unspecified atom stereocenters. The minimum atomic E-state index is -4.47. The molecule has 2 aromatic carbocycles. The molecule has 0 spiro atoms. The maximum atomic E-state index is 14.2. The Bertz CT molecular complexity index is 1210. The molecule has 1 N–H and O–H groups in total. The molecule has 4 nitrogen and oxygen atoms in total. The number of fused-ring (bicyclic) bond motifs is 1. The van der Waals surface area contributed by atoms with Crippen LogP contribution in [0, 0.1) is 0 Å². The number of pyridine rings is 1. The van der Waals surface area contributed by atoms with Gasteiger partial charge in [-0.05, 0) is 85.4 Å². The lowest BCUT2D eigenvalue weighted by Crippen LogP contribution is -2.47. The van der Waals surface area contributed by atoms with E-state index < -0.39 is 17.9 Å². The molecule has 1 amide bonds. The van der Waals surface area contributed by atoms with E-state index in [9.17, 15) is 18.0 Å². The van der Waals surface area contributed by atoms with E-state index in [4.69, 9.17) is 0 Å². The van der Waals surface area contributed by atoms with Crippen LogP contribution in [0.25, 0.3) is 0 Å². The molecule has 7 heteroatoms. The van der Waals surface area contributed by atoms with Crippen LogP contribution in [0.2, 0.25) is 0 Å². The van der Waals surface area contributed by atoms with Crippen molar-refractivity contribution < 1.29 is 18.0 Å². The number of carbonyl (C=O) groups excluding carboxylic acids is 1. The molecule has 0 bridgehead atoms. The molecule has 194 valence electrons. The molecule has 1 heterocycles. The zero-order valence-electron chi connectivity index (χ0n) is 20.8. The van der Waals surface area contributed by atoms with Crippen molar-refractivity contribution in [1.29, 1.82) is 0 Å². The lowest BCUT2D eigenvalue weighted by molar-refractivity contribution is -0.141. The summed E-state index contributed by atoms with van der Waals surface area (Å²) in [4.78, 5) is 19.6. The molecular formula is C30H32F3N3O. The average molecular weight is 508 g/mol. The highest BCUT2D eigenvalue weighted by atomic mass is 19.4. The topological polar surface area (TPSA) is 45.2 Å². The van der Waals surface area contributed by atoms with Crippen LogP contribution in [0.15, 0.2) is 66.9 Å². The fraction of sp³-hybridized carbons (Fsp3) is 0.400. The van der Waals surface area contributed by atoms with Gasteiger partial charge in [0.25, 0.3) is 0 Å². The minimum Gasteiger partial charge on any atom is -0.310 e. The molecule has 0 saturated heterocycles. The molecular weight excluding hydrogens is 475 g/mol. The van der Waals surface area contributed by atoms with Crippen molar-refractivity contribution in [1.82, 2.24) is 10.3 Å². The molecule has 3 aromatic rings. The van der Waals surface area contributed by atoms with Crippen LogP contribution in [0.4, 0.5) is 18.9 Å². The van der Waals surface area contributed by atoms with Crippen LogP contribution in [-0.2, 0) is 30.2 Å². The van der Waals surface area contributed by atoms with Crippen molar-refractivity contribution in [2.75, 3.05) is 11.4 Å². The van der Waals surface area contributed by atoms with Gasteiger partial charge in [0, 0.05) is 24.5 Å². The SMILES string of the molecule is O=C([C@H](NC1CCC1)c1ccccc1)N(CCc1ccc(C(F)(F)F)nc1)c1ccc2c(c1)CCCC2. The van der Waals surface area contributed by atoms with Gasteiger partial charge in [0.05, 0.1) is 0 Å². The quantitative estimate of drug-likeness (QED) is 0.382. The lowest BCUT2D eigenvalue weighted by Gasteiger charge is -2.34. The van der Waals surface area contributed by atoms with Crippen LogP contribution < -0.4 is 10.2 Å². The number of rotatable bonds is 8. The number of anilines is 1. The first-order valence-corrected chi connectivity index (χ1v) is 13.1. The van der Waals surface area contributed by atoms with Crippen LogP contribution in [0.5, 0.6) is 0 Å². The van der Waals surface area contributed by atoms with E-state index >= 15 is 0 Å². The summed E-state index contributed by atoms with van der Waals surface area (Å²) in [6, 6.07) is 18.3. The Morgan fingerprint density at radius 2 is 1.73 bits per heavy atom. The number of carbonyl (C=O) groups is 1. The van der Waals surface area contributed by atoms with E-state index in [2.05, 4.69) is 22.4 Å². The van der Waals surface area contributed by atoms with Gasteiger partial charge in [0.15, 0.2) is 0 Å². The smallest absolute Gasteiger partial charge is 0.310 e. The van der Waals surface area contributed by atoms with Gasteiger partial charge in [-0.3, -0.25) is 15.1 Å². The summed E-state index contributed by atoms with van der Waals surface area (Å²) in [6.45, 7) is 0.348. The third-order valence-corrected chi connectivity index (χ3v) is 7.54. The first kappa shape index (κ1) is 25.5. The summed E-state index contributed by atoms with van der Waals surface area (Å²) >= 11 is 0. The van der Waals surface area contributed by atoms with Gasteiger partial charge in [0.1, 0.15) is 11.7 Å². The van der Waals surface area contributed by atoms with Crippen LogP contribution in [-0.4, -0.2) is 23.5 Å². The summed E-state index contributed by atoms with van der Waals surface area (Å²) in [5.74, 6) is -0.0475.